The summed E-state index contributed by atoms with van der Waals surface area (Å²) in [7, 11) is 0. The first-order valence-electron chi connectivity index (χ1n) is 5.75. The van der Waals surface area contributed by atoms with E-state index in [1.54, 1.807) is 18.2 Å². The molecular weight excluding hydrogens is 250 g/mol. The molecule has 0 heterocycles. The highest BCUT2D eigenvalue weighted by molar-refractivity contribution is 6.07. The lowest BCUT2D eigenvalue weighted by atomic mass is 10.0. The molecule has 96 valence electrons. The third kappa shape index (κ3) is 2.62. The highest BCUT2D eigenvalue weighted by atomic mass is 15.0. The fraction of sp³-hybridized carbons (Fsp3) is 0.200. The maximum Gasteiger partial charge on any atom is 0.369 e. The van der Waals surface area contributed by atoms with Gasteiger partial charge in [-0.3, -0.25) is 5.41 Å². The summed E-state index contributed by atoms with van der Waals surface area (Å²) in [5, 5.41) is 34.4. The lowest BCUT2D eigenvalue weighted by Gasteiger charge is -2.07. The predicted molar refractivity (Wildman–Crippen MR) is 73.7 cm³/mol. The predicted octanol–water partition coefficient (Wildman–Crippen LogP) is 2.40. The van der Waals surface area contributed by atoms with Gasteiger partial charge in [0.15, 0.2) is 18.2 Å². The quantitative estimate of drug-likeness (QED) is 0.503. The zero-order valence-electron chi connectivity index (χ0n) is 11.4. The molecule has 0 aliphatic heterocycles. The van der Waals surface area contributed by atoms with Crippen LogP contribution in [0.15, 0.2) is 17.8 Å². The molecule has 0 radical (unpaired) electrons. The van der Waals surface area contributed by atoms with E-state index >= 15 is 0 Å². The van der Waals surface area contributed by atoms with E-state index in [4.69, 9.17) is 21.2 Å². The van der Waals surface area contributed by atoms with E-state index in [-0.39, 0.29) is 11.4 Å². The van der Waals surface area contributed by atoms with Crippen LogP contribution >= 0.6 is 0 Å². The van der Waals surface area contributed by atoms with E-state index in [0.717, 1.165) is 16.7 Å². The second-order valence-electron chi connectivity index (χ2n) is 4.24. The molecule has 0 saturated carbocycles. The van der Waals surface area contributed by atoms with Crippen molar-refractivity contribution in [1.29, 1.82) is 21.2 Å². The molecule has 1 aromatic rings. The molecule has 1 N–H and O–H groups in total. The second-order valence-corrected chi connectivity index (χ2v) is 4.24. The average molecular weight is 262 g/mol. The third-order valence-electron chi connectivity index (χ3n) is 2.74. The Labute approximate surface area is 117 Å². The molecule has 0 spiro atoms. The Hall–Kier alpha value is -3.19. The summed E-state index contributed by atoms with van der Waals surface area (Å²) in [5.74, 6) is 1.98. The Morgan fingerprint density at radius 2 is 1.50 bits per heavy atom. The molecule has 0 saturated heterocycles. The van der Waals surface area contributed by atoms with Crippen molar-refractivity contribution in [3.63, 3.8) is 0 Å². The van der Waals surface area contributed by atoms with Gasteiger partial charge in [-0.15, -0.1) is 4.58 Å². The van der Waals surface area contributed by atoms with Gasteiger partial charge in [-0.05, 0) is 32.9 Å². The van der Waals surface area contributed by atoms with E-state index in [1.165, 1.54) is 4.58 Å². The van der Waals surface area contributed by atoms with Crippen LogP contribution in [0.3, 0.4) is 0 Å². The molecule has 0 aromatic heterocycles. The summed E-state index contributed by atoms with van der Waals surface area (Å²) >= 11 is 0. The van der Waals surface area contributed by atoms with E-state index in [0.29, 0.717) is 5.69 Å². The average Bonchev–Trinajstić information content (AvgIpc) is 2.39. The van der Waals surface area contributed by atoms with E-state index in [1.807, 2.05) is 38.8 Å². The minimum absolute atomic E-state index is 0.196. The molecule has 1 aromatic carbocycles. The summed E-state index contributed by atoms with van der Waals surface area (Å²) in [5.41, 5.74) is 2.76. The van der Waals surface area contributed by atoms with E-state index in [2.05, 4.69) is 0 Å². The molecule has 0 amide bonds. The zero-order valence-corrected chi connectivity index (χ0v) is 11.4. The van der Waals surface area contributed by atoms with Gasteiger partial charge in [0.2, 0.25) is 5.69 Å². The fourth-order valence-electron chi connectivity index (χ4n) is 2.12. The molecule has 20 heavy (non-hydrogen) atoms. The Morgan fingerprint density at radius 1 is 1.00 bits per heavy atom. The zero-order chi connectivity index (χ0) is 15.3. The number of hydrogen-bond acceptors (Lipinski definition) is 4. The van der Waals surface area contributed by atoms with E-state index < -0.39 is 0 Å². The highest BCUT2D eigenvalue weighted by Gasteiger charge is 2.27. The van der Waals surface area contributed by atoms with Gasteiger partial charge in [0.25, 0.3) is 0 Å². The van der Waals surface area contributed by atoms with Gasteiger partial charge in [-0.25, -0.2) is 0 Å². The normalized spacial score (nSPS) is 8.60. The highest BCUT2D eigenvalue weighted by Crippen LogP contribution is 2.27. The largest absolute Gasteiger partial charge is 0.369 e. The minimum Gasteiger partial charge on any atom is -0.252 e. The second kappa shape index (κ2) is 6.12. The molecule has 0 atom stereocenters. The SMILES string of the molecule is Cc1cc(C)c([N+](C(=C=N)C#N)=C(C#N)C#N)c(C)c1. The number of allylic oxidation sites excluding steroid dienone is 1. The van der Waals surface area contributed by atoms with Gasteiger partial charge in [0, 0.05) is 11.1 Å². The van der Waals surface area contributed by atoms with Crippen molar-refractivity contribution < 1.29 is 4.58 Å². The van der Waals surface area contributed by atoms with Crippen molar-refractivity contribution in [2.24, 2.45) is 0 Å². The molecule has 0 unspecified atom stereocenters. The topological polar surface area (TPSA) is 98.2 Å². The van der Waals surface area contributed by atoms with Gasteiger partial charge in [-0.1, -0.05) is 5.56 Å². The van der Waals surface area contributed by atoms with Crippen LogP contribution < -0.4 is 0 Å². The van der Waals surface area contributed by atoms with Crippen molar-refractivity contribution in [2.45, 2.75) is 20.8 Å². The Balaban J connectivity index is 3.91. The van der Waals surface area contributed by atoms with Crippen LogP contribution in [0.4, 0.5) is 5.69 Å². The van der Waals surface area contributed by atoms with Crippen LogP contribution in [0.25, 0.3) is 0 Å². The molecule has 0 aliphatic rings. The third-order valence-corrected chi connectivity index (χ3v) is 2.74. The first-order chi connectivity index (χ1) is 9.49. The van der Waals surface area contributed by atoms with Crippen LogP contribution in [-0.2, 0) is 0 Å². The maximum atomic E-state index is 9.09. The van der Waals surface area contributed by atoms with Crippen LogP contribution in [-0.4, -0.2) is 16.2 Å². The number of nitrogens with zero attached hydrogens (tertiary/aromatic N) is 4. The summed E-state index contributed by atoms with van der Waals surface area (Å²) in [6.07, 6.45) is 0. The Kier molecular flexibility index (Phi) is 4.55. The first-order valence-corrected chi connectivity index (χ1v) is 5.75. The first kappa shape index (κ1) is 14.9. The van der Waals surface area contributed by atoms with Crippen molar-refractivity contribution in [2.75, 3.05) is 0 Å². The van der Waals surface area contributed by atoms with E-state index in [9.17, 15) is 0 Å². The number of benzene rings is 1. The van der Waals surface area contributed by atoms with Crippen LogP contribution in [0.2, 0.25) is 0 Å². The summed E-state index contributed by atoms with van der Waals surface area (Å²) in [4.78, 5) is 0. The number of nitriles is 3. The molecular formula is C15H12N5+. The van der Waals surface area contributed by atoms with Gasteiger partial charge >= 0.3 is 11.4 Å². The van der Waals surface area contributed by atoms with Crippen LogP contribution in [0.5, 0.6) is 0 Å². The number of nitrogens with one attached hydrogen (secondary N) is 1. The molecule has 5 nitrogen and oxygen atoms in total. The lowest BCUT2D eigenvalue weighted by molar-refractivity contribution is -0.371. The van der Waals surface area contributed by atoms with Crippen LogP contribution in [0, 0.1) is 60.2 Å². The maximum absolute atomic E-state index is 9.09. The monoisotopic (exact) mass is 262 g/mol. The van der Waals surface area contributed by atoms with Crippen LogP contribution in [0.1, 0.15) is 16.7 Å². The van der Waals surface area contributed by atoms with Crippen molar-refractivity contribution in [1.82, 2.24) is 0 Å². The number of rotatable bonds is 2. The van der Waals surface area contributed by atoms with Gasteiger partial charge in [0.05, 0.1) is 5.87 Å². The van der Waals surface area contributed by atoms with Crippen molar-refractivity contribution >= 4 is 17.3 Å². The molecule has 0 aliphatic carbocycles. The summed E-state index contributed by atoms with van der Waals surface area (Å²) in [6.45, 7) is 5.59. The minimum atomic E-state index is -0.267. The van der Waals surface area contributed by atoms with Gasteiger partial charge < -0.3 is 0 Å². The smallest absolute Gasteiger partial charge is 0.252 e. The Bertz CT molecular complexity index is 733. The van der Waals surface area contributed by atoms with Gasteiger partial charge in [-0.2, -0.15) is 15.8 Å². The number of aryl methyl sites for hydroxylation is 3. The molecule has 1 rings (SSSR count). The molecule has 0 bridgehead atoms. The lowest BCUT2D eigenvalue weighted by Crippen LogP contribution is -2.16. The summed E-state index contributed by atoms with van der Waals surface area (Å²) < 4.78 is 1.18. The van der Waals surface area contributed by atoms with Gasteiger partial charge in [0.1, 0.15) is 0 Å². The van der Waals surface area contributed by atoms with Crippen molar-refractivity contribution in [3.05, 3.63) is 34.5 Å². The van der Waals surface area contributed by atoms with Crippen molar-refractivity contribution in [3.8, 4) is 18.2 Å². The standard InChI is InChI=1S/C15H12N5/c1-10-4-11(2)15(12(3)5-10)20(13(6-16)7-17)14(8-18)9-19/h4-5,16H,1-3H3/q+1. The molecule has 5 heteroatoms. The summed E-state index contributed by atoms with van der Waals surface area (Å²) in [6, 6.07) is 9.08. The Morgan fingerprint density at radius 3 is 1.85 bits per heavy atom. The fourth-order valence-corrected chi connectivity index (χ4v) is 2.12. The molecule has 0 fully saturated rings. The number of hydrogen-bond donors (Lipinski definition) is 1.